The molecule has 0 spiro atoms. The number of hydrogen-bond acceptors (Lipinski definition) is 4. The summed E-state index contributed by atoms with van der Waals surface area (Å²) in [6.45, 7) is 0.254. The largest absolute Gasteiger partial charge is 0.484 e. The van der Waals surface area contributed by atoms with Crippen LogP contribution in [0.25, 0.3) is 0 Å². The van der Waals surface area contributed by atoms with Crippen molar-refractivity contribution in [3.8, 4) is 5.75 Å². The van der Waals surface area contributed by atoms with Crippen LogP contribution < -0.4 is 14.8 Å². The third kappa shape index (κ3) is 6.07. The van der Waals surface area contributed by atoms with Gasteiger partial charge in [0, 0.05) is 12.6 Å². The molecule has 2 N–H and O–H groups in total. The predicted molar refractivity (Wildman–Crippen MR) is 108 cm³/mol. The summed E-state index contributed by atoms with van der Waals surface area (Å²) in [5, 5.41) is 2.95. The van der Waals surface area contributed by atoms with Crippen molar-refractivity contribution < 1.29 is 17.9 Å². The third-order valence-electron chi connectivity index (χ3n) is 4.77. The fraction of sp³-hybridized carbons (Fsp3) is 0.381. The molecule has 0 radical (unpaired) electrons. The molecular weight excluding hydrogens is 376 g/mol. The first-order valence-electron chi connectivity index (χ1n) is 9.59. The van der Waals surface area contributed by atoms with E-state index in [9.17, 15) is 13.2 Å². The van der Waals surface area contributed by atoms with Crippen LogP contribution in [0, 0.1) is 0 Å². The lowest BCUT2D eigenvalue weighted by Gasteiger charge is -2.12. The first kappa shape index (κ1) is 20.4. The fourth-order valence-corrected chi connectivity index (χ4v) is 4.29. The average molecular weight is 403 g/mol. The standard InChI is InChI=1S/C21H26N2O4S/c24-21(23-18-8-4-5-9-18)16-27-19-10-12-20(13-11-19)28(25,26)22-15-14-17-6-2-1-3-7-17/h1-3,6-7,10-13,18,22H,4-5,8-9,14-16H2,(H,23,24). The molecule has 150 valence electrons. The minimum atomic E-state index is -3.58. The normalized spacial score (nSPS) is 14.7. The third-order valence-corrected chi connectivity index (χ3v) is 6.25. The number of nitrogens with one attached hydrogen (secondary N) is 2. The van der Waals surface area contributed by atoms with E-state index in [-0.39, 0.29) is 23.5 Å². The molecule has 3 rings (SSSR count). The molecule has 0 atom stereocenters. The summed E-state index contributed by atoms with van der Waals surface area (Å²) in [6, 6.07) is 16.0. The molecule has 0 aromatic heterocycles. The van der Waals surface area contributed by atoms with Crippen LogP contribution in [0.4, 0.5) is 0 Å². The molecule has 0 heterocycles. The maximum Gasteiger partial charge on any atom is 0.258 e. The van der Waals surface area contributed by atoms with Crippen molar-refractivity contribution in [1.82, 2.24) is 10.0 Å². The van der Waals surface area contributed by atoms with Gasteiger partial charge in [-0.25, -0.2) is 13.1 Å². The Morgan fingerprint density at radius 2 is 1.68 bits per heavy atom. The van der Waals surface area contributed by atoms with E-state index in [0.717, 1.165) is 31.2 Å². The molecule has 1 aliphatic rings. The number of ether oxygens (including phenoxy) is 1. The zero-order valence-corrected chi connectivity index (χ0v) is 16.6. The number of hydrogen-bond donors (Lipinski definition) is 2. The number of amides is 1. The van der Waals surface area contributed by atoms with Crippen LogP contribution in [0.1, 0.15) is 31.2 Å². The molecule has 28 heavy (non-hydrogen) atoms. The zero-order chi connectivity index (χ0) is 19.8. The van der Waals surface area contributed by atoms with E-state index in [0.29, 0.717) is 18.7 Å². The Balaban J connectivity index is 1.46. The topological polar surface area (TPSA) is 84.5 Å². The summed E-state index contributed by atoms with van der Waals surface area (Å²) in [4.78, 5) is 12.1. The molecule has 2 aromatic carbocycles. The quantitative estimate of drug-likeness (QED) is 0.675. The molecule has 2 aromatic rings. The highest BCUT2D eigenvalue weighted by Gasteiger charge is 2.17. The molecule has 1 fully saturated rings. The minimum Gasteiger partial charge on any atom is -0.484 e. The highest BCUT2D eigenvalue weighted by molar-refractivity contribution is 7.89. The van der Waals surface area contributed by atoms with E-state index in [1.807, 2.05) is 30.3 Å². The lowest BCUT2D eigenvalue weighted by atomic mass is 10.2. The molecule has 6 nitrogen and oxygen atoms in total. The molecule has 0 aliphatic heterocycles. The van der Waals surface area contributed by atoms with Gasteiger partial charge in [0.25, 0.3) is 5.91 Å². The van der Waals surface area contributed by atoms with E-state index in [1.165, 1.54) is 12.1 Å². The van der Waals surface area contributed by atoms with Crippen LogP contribution in [-0.4, -0.2) is 33.5 Å². The van der Waals surface area contributed by atoms with Crippen LogP contribution in [-0.2, 0) is 21.2 Å². The molecule has 0 bridgehead atoms. The Hall–Kier alpha value is -2.38. The SMILES string of the molecule is O=C(COc1ccc(S(=O)(=O)NCCc2ccccc2)cc1)NC1CCCC1. The number of benzene rings is 2. The lowest BCUT2D eigenvalue weighted by molar-refractivity contribution is -0.123. The Morgan fingerprint density at radius 3 is 2.36 bits per heavy atom. The van der Waals surface area contributed by atoms with Crippen LogP contribution in [0.5, 0.6) is 5.75 Å². The van der Waals surface area contributed by atoms with E-state index < -0.39 is 10.0 Å². The minimum absolute atomic E-state index is 0.0715. The number of rotatable bonds is 9. The lowest BCUT2D eigenvalue weighted by Crippen LogP contribution is -2.36. The van der Waals surface area contributed by atoms with Crippen molar-refractivity contribution in [2.45, 2.75) is 43.0 Å². The van der Waals surface area contributed by atoms with Gasteiger partial charge < -0.3 is 10.1 Å². The van der Waals surface area contributed by atoms with Crippen LogP contribution in [0.15, 0.2) is 59.5 Å². The van der Waals surface area contributed by atoms with Crippen molar-refractivity contribution in [2.75, 3.05) is 13.2 Å². The maximum atomic E-state index is 12.4. The highest BCUT2D eigenvalue weighted by Crippen LogP contribution is 2.18. The zero-order valence-electron chi connectivity index (χ0n) is 15.8. The van der Waals surface area contributed by atoms with Gasteiger partial charge in [0.15, 0.2) is 6.61 Å². The van der Waals surface area contributed by atoms with E-state index in [4.69, 9.17) is 4.74 Å². The Kier molecular flexibility index (Phi) is 7.06. The molecule has 0 saturated heterocycles. The summed E-state index contributed by atoms with van der Waals surface area (Å²) < 4.78 is 32.8. The summed E-state index contributed by atoms with van der Waals surface area (Å²) >= 11 is 0. The number of carbonyl (C=O) groups is 1. The predicted octanol–water partition coefficient (Wildman–Crippen LogP) is 2.65. The van der Waals surface area contributed by atoms with Gasteiger partial charge in [0.1, 0.15) is 5.75 Å². The van der Waals surface area contributed by atoms with E-state index >= 15 is 0 Å². The number of carbonyl (C=O) groups excluding carboxylic acids is 1. The van der Waals surface area contributed by atoms with Crippen molar-refractivity contribution in [3.05, 3.63) is 60.2 Å². The van der Waals surface area contributed by atoms with Gasteiger partial charge in [-0.3, -0.25) is 4.79 Å². The van der Waals surface area contributed by atoms with Crippen LogP contribution >= 0.6 is 0 Å². The summed E-state index contributed by atoms with van der Waals surface area (Å²) in [5.41, 5.74) is 1.07. The smallest absolute Gasteiger partial charge is 0.258 e. The van der Waals surface area contributed by atoms with Crippen molar-refractivity contribution in [2.24, 2.45) is 0 Å². The monoisotopic (exact) mass is 402 g/mol. The van der Waals surface area contributed by atoms with Crippen LogP contribution in [0.3, 0.4) is 0 Å². The van der Waals surface area contributed by atoms with Gasteiger partial charge in [0.2, 0.25) is 10.0 Å². The molecule has 1 saturated carbocycles. The van der Waals surface area contributed by atoms with Gasteiger partial charge in [-0.15, -0.1) is 0 Å². The van der Waals surface area contributed by atoms with Gasteiger partial charge in [0.05, 0.1) is 4.90 Å². The second-order valence-electron chi connectivity index (χ2n) is 6.94. The number of sulfonamides is 1. The van der Waals surface area contributed by atoms with Crippen LogP contribution in [0.2, 0.25) is 0 Å². The Labute approximate surface area is 166 Å². The summed E-state index contributed by atoms with van der Waals surface area (Å²) in [7, 11) is -3.58. The van der Waals surface area contributed by atoms with E-state index in [2.05, 4.69) is 10.0 Å². The Morgan fingerprint density at radius 1 is 1.00 bits per heavy atom. The van der Waals surface area contributed by atoms with Gasteiger partial charge in [-0.2, -0.15) is 0 Å². The van der Waals surface area contributed by atoms with Gasteiger partial charge in [-0.1, -0.05) is 43.2 Å². The molecular formula is C21H26N2O4S. The van der Waals surface area contributed by atoms with Crippen molar-refractivity contribution in [3.63, 3.8) is 0 Å². The van der Waals surface area contributed by atoms with E-state index in [1.54, 1.807) is 12.1 Å². The molecule has 1 amide bonds. The Bertz CT molecular complexity index is 861. The first-order chi connectivity index (χ1) is 13.5. The second-order valence-corrected chi connectivity index (χ2v) is 8.71. The highest BCUT2D eigenvalue weighted by atomic mass is 32.2. The van der Waals surface area contributed by atoms with Crippen molar-refractivity contribution >= 4 is 15.9 Å². The van der Waals surface area contributed by atoms with Gasteiger partial charge in [-0.05, 0) is 49.1 Å². The fourth-order valence-electron chi connectivity index (χ4n) is 3.26. The second kappa shape index (κ2) is 9.71. The van der Waals surface area contributed by atoms with Gasteiger partial charge >= 0.3 is 0 Å². The maximum absolute atomic E-state index is 12.4. The summed E-state index contributed by atoms with van der Waals surface area (Å²) in [5.74, 6) is 0.316. The molecule has 0 unspecified atom stereocenters. The first-order valence-corrected chi connectivity index (χ1v) is 11.1. The molecule has 7 heteroatoms. The average Bonchev–Trinajstić information content (AvgIpc) is 3.20. The van der Waals surface area contributed by atoms with Crippen molar-refractivity contribution in [1.29, 1.82) is 0 Å². The summed E-state index contributed by atoms with van der Waals surface area (Å²) in [6.07, 6.45) is 4.98. The molecule has 1 aliphatic carbocycles.